The van der Waals surface area contributed by atoms with Crippen LogP contribution in [0.4, 0.5) is 5.13 Å². The lowest BCUT2D eigenvalue weighted by Crippen LogP contribution is -2.33. The first-order valence-electron chi connectivity index (χ1n) is 5.39. The maximum Gasteiger partial charge on any atom is 0.349 e. The van der Waals surface area contributed by atoms with E-state index in [2.05, 4.69) is 28.5 Å². The number of hydrogen-bond acceptors (Lipinski definition) is 6. The topological polar surface area (TPSA) is 51.7 Å². The van der Waals surface area contributed by atoms with Crippen LogP contribution in [0.5, 0.6) is 0 Å². The molecule has 0 aliphatic rings. The van der Waals surface area contributed by atoms with E-state index in [1.54, 1.807) is 13.3 Å². The maximum atomic E-state index is 11.3. The molecule has 0 amide bonds. The predicted octanol–water partition coefficient (Wildman–Crippen LogP) is 1.79. The van der Waals surface area contributed by atoms with Crippen molar-refractivity contribution in [2.75, 3.05) is 32.3 Å². The number of anilines is 1. The molecule has 1 rings (SSSR count). The van der Waals surface area contributed by atoms with Crippen molar-refractivity contribution in [2.45, 2.75) is 19.9 Å². The minimum absolute atomic E-state index is 0.307. The number of ether oxygens (including phenoxy) is 2. The predicted molar refractivity (Wildman–Crippen MR) is 67.8 cm³/mol. The molecule has 6 heteroatoms. The Labute approximate surface area is 105 Å². The summed E-state index contributed by atoms with van der Waals surface area (Å²) in [6.07, 6.45) is 1.55. The summed E-state index contributed by atoms with van der Waals surface area (Å²) in [5, 5.41) is 0.817. The number of nitrogens with zero attached hydrogens (tertiary/aromatic N) is 2. The molecule has 0 spiro atoms. The third-order valence-electron chi connectivity index (χ3n) is 2.29. The number of aromatic nitrogens is 1. The number of esters is 1. The second kappa shape index (κ2) is 6.56. The van der Waals surface area contributed by atoms with E-state index in [9.17, 15) is 4.79 Å². The van der Waals surface area contributed by atoms with Crippen molar-refractivity contribution >= 4 is 22.4 Å². The number of hydrogen-bond donors (Lipinski definition) is 0. The minimum atomic E-state index is -0.343. The van der Waals surface area contributed by atoms with Crippen LogP contribution in [0.15, 0.2) is 6.20 Å². The first-order valence-corrected chi connectivity index (χ1v) is 6.21. The molecule has 5 nitrogen and oxygen atoms in total. The Bertz CT molecular complexity index is 365. The normalized spacial score (nSPS) is 10.6. The highest BCUT2D eigenvalue weighted by molar-refractivity contribution is 7.17. The smallest absolute Gasteiger partial charge is 0.349 e. The van der Waals surface area contributed by atoms with Gasteiger partial charge in [0.05, 0.1) is 19.9 Å². The van der Waals surface area contributed by atoms with Crippen LogP contribution in [0.25, 0.3) is 0 Å². The van der Waals surface area contributed by atoms with Crippen molar-refractivity contribution in [1.29, 1.82) is 0 Å². The molecule has 0 aromatic carbocycles. The molecule has 0 aliphatic carbocycles. The lowest BCUT2D eigenvalue weighted by atomic mass is 10.3. The van der Waals surface area contributed by atoms with Crippen LogP contribution in [0.2, 0.25) is 0 Å². The molecular formula is C11H18N2O3S. The fraction of sp³-hybridized carbons (Fsp3) is 0.636. The summed E-state index contributed by atoms with van der Waals surface area (Å²) in [6, 6.07) is 0.307. The van der Waals surface area contributed by atoms with Gasteiger partial charge in [-0.3, -0.25) is 0 Å². The van der Waals surface area contributed by atoms with Crippen molar-refractivity contribution in [3.05, 3.63) is 11.1 Å². The highest BCUT2D eigenvalue weighted by Gasteiger charge is 2.17. The molecule has 1 aromatic heterocycles. The van der Waals surface area contributed by atoms with E-state index in [1.165, 1.54) is 18.4 Å². The van der Waals surface area contributed by atoms with Gasteiger partial charge in [-0.2, -0.15) is 0 Å². The molecule has 0 aliphatic heterocycles. The molecule has 0 atom stereocenters. The molecule has 0 unspecified atom stereocenters. The van der Waals surface area contributed by atoms with Crippen molar-refractivity contribution in [3.8, 4) is 0 Å². The zero-order chi connectivity index (χ0) is 12.8. The average molecular weight is 258 g/mol. The van der Waals surface area contributed by atoms with Crippen LogP contribution < -0.4 is 4.90 Å². The van der Waals surface area contributed by atoms with Gasteiger partial charge in [-0.15, -0.1) is 0 Å². The summed E-state index contributed by atoms with van der Waals surface area (Å²) in [5.74, 6) is -0.343. The van der Waals surface area contributed by atoms with Crippen LogP contribution in [0, 0.1) is 0 Å². The SMILES string of the molecule is COCCN(c1ncc(C(=O)OC)s1)C(C)C. The second-order valence-corrected chi connectivity index (χ2v) is 4.79. The number of rotatable bonds is 6. The third kappa shape index (κ3) is 3.67. The van der Waals surface area contributed by atoms with E-state index in [1.807, 2.05) is 0 Å². The third-order valence-corrected chi connectivity index (χ3v) is 3.30. The molecule has 0 saturated heterocycles. The number of methoxy groups -OCH3 is 2. The highest BCUT2D eigenvalue weighted by atomic mass is 32.1. The number of carbonyl (C=O) groups is 1. The van der Waals surface area contributed by atoms with Gasteiger partial charge in [0, 0.05) is 19.7 Å². The number of thiazole rings is 1. The minimum Gasteiger partial charge on any atom is -0.465 e. The quantitative estimate of drug-likeness (QED) is 0.728. The standard InChI is InChI=1S/C11H18N2O3S/c1-8(2)13(5-6-15-3)11-12-7-9(17-11)10(14)16-4/h7-8H,5-6H2,1-4H3. The lowest BCUT2D eigenvalue weighted by Gasteiger charge is -2.25. The van der Waals surface area contributed by atoms with Crippen LogP contribution in [-0.2, 0) is 9.47 Å². The fourth-order valence-corrected chi connectivity index (χ4v) is 2.35. The van der Waals surface area contributed by atoms with Crippen molar-refractivity contribution in [2.24, 2.45) is 0 Å². The molecule has 17 heavy (non-hydrogen) atoms. The Balaban J connectivity index is 2.80. The van der Waals surface area contributed by atoms with E-state index < -0.39 is 0 Å². The van der Waals surface area contributed by atoms with Gasteiger partial charge in [0.25, 0.3) is 0 Å². The fourth-order valence-electron chi connectivity index (χ4n) is 1.36. The van der Waals surface area contributed by atoms with Gasteiger partial charge in [-0.05, 0) is 13.8 Å². The molecule has 96 valence electrons. The summed E-state index contributed by atoms with van der Waals surface area (Å²) in [4.78, 5) is 18.2. The first kappa shape index (κ1) is 13.9. The largest absolute Gasteiger partial charge is 0.465 e. The van der Waals surface area contributed by atoms with Gasteiger partial charge in [0.2, 0.25) is 0 Å². The molecule has 0 radical (unpaired) electrons. The van der Waals surface area contributed by atoms with Crippen LogP contribution in [0.1, 0.15) is 23.5 Å². The van der Waals surface area contributed by atoms with Crippen LogP contribution >= 0.6 is 11.3 Å². The molecule has 0 bridgehead atoms. The molecule has 0 saturated carbocycles. The van der Waals surface area contributed by atoms with Crippen LogP contribution in [0.3, 0.4) is 0 Å². The number of carbonyl (C=O) groups excluding carboxylic acids is 1. The van der Waals surface area contributed by atoms with E-state index >= 15 is 0 Å². The Kier molecular flexibility index (Phi) is 5.37. The van der Waals surface area contributed by atoms with Gasteiger partial charge in [0.15, 0.2) is 5.13 Å². The molecule has 1 aromatic rings. The maximum absolute atomic E-state index is 11.3. The van der Waals surface area contributed by atoms with E-state index in [4.69, 9.17) is 4.74 Å². The van der Waals surface area contributed by atoms with E-state index in [0.717, 1.165) is 11.7 Å². The van der Waals surface area contributed by atoms with E-state index in [-0.39, 0.29) is 5.97 Å². The molecule has 0 N–H and O–H groups in total. The van der Waals surface area contributed by atoms with Gasteiger partial charge >= 0.3 is 5.97 Å². The van der Waals surface area contributed by atoms with Crippen molar-refractivity contribution in [1.82, 2.24) is 4.98 Å². The Hall–Kier alpha value is -1.14. The average Bonchev–Trinajstić information content (AvgIpc) is 2.77. The van der Waals surface area contributed by atoms with Gasteiger partial charge in [0.1, 0.15) is 4.88 Å². The van der Waals surface area contributed by atoms with Gasteiger partial charge in [-0.1, -0.05) is 11.3 Å². The zero-order valence-corrected chi connectivity index (χ0v) is 11.4. The lowest BCUT2D eigenvalue weighted by molar-refractivity contribution is 0.0606. The highest BCUT2D eigenvalue weighted by Crippen LogP contribution is 2.24. The van der Waals surface area contributed by atoms with Gasteiger partial charge < -0.3 is 14.4 Å². The summed E-state index contributed by atoms with van der Waals surface area (Å²) < 4.78 is 9.72. The Morgan fingerprint density at radius 1 is 1.53 bits per heavy atom. The van der Waals surface area contributed by atoms with Crippen molar-refractivity contribution in [3.63, 3.8) is 0 Å². The van der Waals surface area contributed by atoms with Crippen molar-refractivity contribution < 1.29 is 14.3 Å². The molecular weight excluding hydrogens is 240 g/mol. The molecule has 0 fully saturated rings. The summed E-state index contributed by atoms with van der Waals surface area (Å²) in [6.45, 7) is 5.54. The summed E-state index contributed by atoms with van der Waals surface area (Å²) >= 11 is 1.34. The molecule has 1 heterocycles. The zero-order valence-electron chi connectivity index (χ0n) is 10.6. The summed E-state index contributed by atoms with van der Waals surface area (Å²) in [7, 11) is 3.03. The van der Waals surface area contributed by atoms with Gasteiger partial charge in [-0.25, -0.2) is 9.78 Å². The summed E-state index contributed by atoms with van der Waals surface area (Å²) in [5.41, 5.74) is 0. The Morgan fingerprint density at radius 2 is 2.24 bits per heavy atom. The van der Waals surface area contributed by atoms with Crippen LogP contribution in [-0.4, -0.2) is 44.4 Å². The monoisotopic (exact) mass is 258 g/mol. The first-order chi connectivity index (χ1) is 8.10. The van der Waals surface area contributed by atoms with E-state index in [0.29, 0.717) is 17.5 Å². The Morgan fingerprint density at radius 3 is 2.76 bits per heavy atom. The second-order valence-electron chi connectivity index (χ2n) is 3.78.